The van der Waals surface area contributed by atoms with Gasteiger partial charge in [0.25, 0.3) is 0 Å². The summed E-state index contributed by atoms with van der Waals surface area (Å²) in [4.78, 5) is 4.15. The van der Waals surface area contributed by atoms with E-state index >= 15 is 0 Å². The molecule has 0 radical (unpaired) electrons. The van der Waals surface area contributed by atoms with Crippen LogP contribution in [0.25, 0.3) is 11.0 Å². The van der Waals surface area contributed by atoms with Gasteiger partial charge in [0.05, 0.1) is 24.2 Å². The van der Waals surface area contributed by atoms with Crippen molar-refractivity contribution >= 4 is 17.0 Å². The van der Waals surface area contributed by atoms with E-state index in [0.29, 0.717) is 11.0 Å². The zero-order valence-corrected chi connectivity index (χ0v) is 10.4. The molecule has 0 amide bonds. The number of hydrogen-bond donors (Lipinski definition) is 3. The third-order valence-electron chi connectivity index (χ3n) is 2.78. The molecule has 8 heteroatoms. The number of para-hydroxylation sites is 2. The molecule has 0 spiro atoms. The van der Waals surface area contributed by atoms with Crippen LogP contribution in [0.4, 0.5) is 19.1 Å². The largest absolute Gasteiger partial charge is 0.416 e. The van der Waals surface area contributed by atoms with Crippen LogP contribution in [0.1, 0.15) is 0 Å². The molecule has 0 bridgehead atoms. The fourth-order valence-electron chi connectivity index (χ4n) is 1.84. The highest BCUT2D eigenvalue weighted by Crippen LogP contribution is 2.25. The Labute approximate surface area is 112 Å². The Hall–Kier alpha value is -1.80. The Morgan fingerprint density at radius 3 is 2.65 bits per heavy atom. The predicted octanol–water partition coefficient (Wildman–Crippen LogP) is 1.36. The SMILES string of the molecule is OCCNc1nc2ccccc2n1C[C@H](O)C(F)(F)F. The first kappa shape index (κ1) is 14.6. The number of benzene rings is 1. The number of nitrogens with one attached hydrogen (secondary N) is 1. The van der Waals surface area contributed by atoms with Crippen LogP contribution in [0.5, 0.6) is 0 Å². The average Bonchev–Trinajstić information content (AvgIpc) is 2.73. The van der Waals surface area contributed by atoms with Crippen LogP contribution in [0, 0.1) is 0 Å². The van der Waals surface area contributed by atoms with E-state index in [1.54, 1.807) is 24.3 Å². The summed E-state index contributed by atoms with van der Waals surface area (Å²) in [6.07, 6.45) is -7.17. The van der Waals surface area contributed by atoms with E-state index in [4.69, 9.17) is 5.11 Å². The van der Waals surface area contributed by atoms with Crippen LogP contribution in [0.15, 0.2) is 24.3 Å². The van der Waals surface area contributed by atoms with Crippen molar-refractivity contribution < 1.29 is 23.4 Å². The van der Waals surface area contributed by atoms with Crippen LogP contribution >= 0.6 is 0 Å². The van der Waals surface area contributed by atoms with E-state index in [-0.39, 0.29) is 19.1 Å². The minimum atomic E-state index is -4.69. The van der Waals surface area contributed by atoms with Crippen LogP contribution in [-0.2, 0) is 6.54 Å². The monoisotopic (exact) mass is 289 g/mol. The number of fused-ring (bicyclic) bond motifs is 1. The third-order valence-corrected chi connectivity index (χ3v) is 2.78. The molecule has 2 rings (SSSR count). The molecule has 110 valence electrons. The standard InChI is InChI=1S/C12H14F3N3O2/c13-12(14,15)10(20)7-18-9-4-2-1-3-8(9)17-11(18)16-5-6-19/h1-4,10,19-20H,5-7H2,(H,16,17)/t10-/m0/s1. The molecule has 0 saturated heterocycles. The van der Waals surface area contributed by atoms with Crippen LogP contribution < -0.4 is 5.32 Å². The number of alkyl halides is 3. The summed E-state index contributed by atoms with van der Waals surface area (Å²) in [6.45, 7) is -0.672. The first-order valence-corrected chi connectivity index (χ1v) is 5.98. The molecule has 1 heterocycles. The van der Waals surface area contributed by atoms with Gasteiger partial charge in [0.15, 0.2) is 6.10 Å². The van der Waals surface area contributed by atoms with E-state index in [1.807, 2.05) is 0 Å². The first-order chi connectivity index (χ1) is 9.43. The quantitative estimate of drug-likeness (QED) is 0.777. The van der Waals surface area contributed by atoms with Gasteiger partial charge in [0.2, 0.25) is 5.95 Å². The average molecular weight is 289 g/mol. The highest BCUT2D eigenvalue weighted by molar-refractivity contribution is 5.78. The van der Waals surface area contributed by atoms with E-state index in [9.17, 15) is 18.3 Å². The zero-order valence-electron chi connectivity index (χ0n) is 10.4. The molecule has 0 unspecified atom stereocenters. The van der Waals surface area contributed by atoms with Gasteiger partial charge in [0.1, 0.15) is 0 Å². The number of aliphatic hydroxyl groups excluding tert-OH is 2. The van der Waals surface area contributed by atoms with Gasteiger partial charge >= 0.3 is 6.18 Å². The van der Waals surface area contributed by atoms with Crippen molar-refractivity contribution in [3.8, 4) is 0 Å². The van der Waals surface area contributed by atoms with Gasteiger partial charge in [0, 0.05) is 6.54 Å². The number of anilines is 1. The highest BCUT2D eigenvalue weighted by Gasteiger charge is 2.38. The van der Waals surface area contributed by atoms with Gasteiger partial charge in [-0.05, 0) is 12.1 Å². The summed E-state index contributed by atoms with van der Waals surface area (Å²) in [7, 11) is 0. The summed E-state index contributed by atoms with van der Waals surface area (Å²) in [5, 5.41) is 20.7. The predicted molar refractivity (Wildman–Crippen MR) is 67.4 cm³/mol. The number of halogens is 3. The summed E-state index contributed by atoms with van der Waals surface area (Å²) in [5.74, 6) is 0.184. The van der Waals surface area contributed by atoms with Gasteiger partial charge in [-0.2, -0.15) is 13.2 Å². The van der Waals surface area contributed by atoms with Crippen molar-refractivity contribution in [1.82, 2.24) is 9.55 Å². The molecule has 3 N–H and O–H groups in total. The van der Waals surface area contributed by atoms with Crippen molar-refractivity contribution in [2.45, 2.75) is 18.8 Å². The fourth-order valence-corrected chi connectivity index (χ4v) is 1.84. The Morgan fingerprint density at radius 1 is 1.30 bits per heavy atom. The topological polar surface area (TPSA) is 70.3 Å². The fraction of sp³-hybridized carbons (Fsp3) is 0.417. The molecule has 0 aliphatic heterocycles. The van der Waals surface area contributed by atoms with Gasteiger partial charge in [-0.3, -0.25) is 0 Å². The number of imidazole rings is 1. The molecule has 20 heavy (non-hydrogen) atoms. The second kappa shape index (κ2) is 5.68. The zero-order chi connectivity index (χ0) is 14.8. The molecule has 5 nitrogen and oxygen atoms in total. The lowest BCUT2D eigenvalue weighted by Gasteiger charge is -2.17. The highest BCUT2D eigenvalue weighted by atomic mass is 19.4. The summed E-state index contributed by atoms with van der Waals surface area (Å²) >= 11 is 0. The minimum Gasteiger partial charge on any atom is -0.395 e. The molecular formula is C12H14F3N3O2. The smallest absolute Gasteiger partial charge is 0.395 e. The van der Waals surface area contributed by atoms with E-state index in [1.165, 1.54) is 4.57 Å². The molecule has 0 aliphatic carbocycles. The Balaban J connectivity index is 2.37. The Morgan fingerprint density at radius 2 is 2.00 bits per heavy atom. The van der Waals surface area contributed by atoms with Crippen molar-refractivity contribution in [3.63, 3.8) is 0 Å². The van der Waals surface area contributed by atoms with Crippen LogP contribution in [0.2, 0.25) is 0 Å². The summed E-state index contributed by atoms with van der Waals surface area (Å²) in [5.41, 5.74) is 0.999. The lowest BCUT2D eigenvalue weighted by molar-refractivity contribution is -0.207. The molecule has 0 saturated carbocycles. The maximum absolute atomic E-state index is 12.5. The maximum Gasteiger partial charge on any atom is 0.416 e. The van der Waals surface area contributed by atoms with Gasteiger partial charge in [-0.1, -0.05) is 12.1 Å². The van der Waals surface area contributed by atoms with Crippen molar-refractivity contribution in [3.05, 3.63) is 24.3 Å². The lowest BCUT2D eigenvalue weighted by Crippen LogP contribution is -2.33. The van der Waals surface area contributed by atoms with Gasteiger partial charge < -0.3 is 20.1 Å². The van der Waals surface area contributed by atoms with Crippen molar-refractivity contribution in [2.75, 3.05) is 18.5 Å². The number of aromatic nitrogens is 2. The molecule has 0 fully saturated rings. The Kier molecular flexibility index (Phi) is 4.15. The Bertz CT molecular complexity index is 583. The number of rotatable bonds is 5. The molecule has 0 aliphatic rings. The number of nitrogens with zero attached hydrogens (tertiary/aromatic N) is 2. The molecular weight excluding hydrogens is 275 g/mol. The van der Waals surface area contributed by atoms with E-state index in [2.05, 4.69) is 10.3 Å². The second-order valence-electron chi connectivity index (χ2n) is 4.24. The van der Waals surface area contributed by atoms with Crippen LogP contribution in [-0.4, -0.2) is 45.2 Å². The van der Waals surface area contributed by atoms with E-state index < -0.39 is 18.8 Å². The van der Waals surface area contributed by atoms with E-state index in [0.717, 1.165) is 0 Å². The summed E-state index contributed by atoms with van der Waals surface area (Å²) < 4.78 is 38.7. The minimum absolute atomic E-state index is 0.158. The second-order valence-corrected chi connectivity index (χ2v) is 4.24. The molecule has 1 aromatic carbocycles. The normalized spacial score (nSPS) is 13.7. The third kappa shape index (κ3) is 3.02. The lowest BCUT2D eigenvalue weighted by atomic mass is 10.3. The molecule has 1 aromatic heterocycles. The van der Waals surface area contributed by atoms with Gasteiger partial charge in [-0.15, -0.1) is 0 Å². The first-order valence-electron chi connectivity index (χ1n) is 5.98. The molecule has 2 aromatic rings. The van der Waals surface area contributed by atoms with Crippen LogP contribution in [0.3, 0.4) is 0 Å². The van der Waals surface area contributed by atoms with Crippen molar-refractivity contribution in [1.29, 1.82) is 0 Å². The number of aliphatic hydroxyl groups is 2. The maximum atomic E-state index is 12.5. The summed E-state index contributed by atoms with van der Waals surface area (Å²) in [6, 6.07) is 6.68. The molecule has 1 atom stereocenters. The van der Waals surface area contributed by atoms with Crippen molar-refractivity contribution in [2.24, 2.45) is 0 Å². The number of hydrogen-bond acceptors (Lipinski definition) is 4. The van der Waals surface area contributed by atoms with Gasteiger partial charge in [-0.25, -0.2) is 4.98 Å².